The maximum atomic E-state index is 11.3. The molecule has 136 valence electrons. The Balaban J connectivity index is 1.72. The van der Waals surface area contributed by atoms with Crippen LogP contribution in [0.4, 0.5) is 0 Å². The zero-order valence-electron chi connectivity index (χ0n) is 14.5. The van der Waals surface area contributed by atoms with Crippen LogP contribution in [0.15, 0.2) is 65.3 Å². The van der Waals surface area contributed by atoms with Crippen LogP contribution in [0.3, 0.4) is 0 Å². The fourth-order valence-corrected chi connectivity index (χ4v) is 3.58. The summed E-state index contributed by atoms with van der Waals surface area (Å²) in [6.45, 7) is 0. The minimum Gasteiger partial charge on any atom is -0.364 e. The number of rotatable bonds is 6. The first kappa shape index (κ1) is 17.4. The van der Waals surface area contributed by atoms with Gasteiger partial charge in [-0.3, -0.25) is 4.79 Å². The third-order valence-corrected chi connectivity index (χ3v) is 4.93. The van der Waals surface area contributed by atoms with Gasteiger partial charge in [-0.1, -0.05) is 47.1 Å². The van der Waals surface area contributed by atoms with Gasteiger partial charge in [0.1, 0.15) is 5.76 Å². The Morgan fingerprint density at radius 3 is 2.70 bits per heavy atom. The number of fused-ring (bicyclic) bond motifs is 1. The first-order chi connectivity index (χ1) is 13.1. The summed E-state index contributed by atoms with van der Waals surface area (Å²) in [5.41, 5.74) is 8.82. The second-order valence-electron chi connectivity index (χ2n) is 6.57. The fourth-order valence-electron chi connectivity index (χ4n) is 3.41. The summed E-state index contributed by atoms with van der Waals surface area (Å²) >= 11 is 6.22. The van der Waals surface area contributed by atoms with E-state index in [1.54, 1.807) is 6.07 Å². The molecule has 5 nitrogen and oxygen atoms in total. The second-order valence-corrected chi connectivity index (χ2v) is 7.00. The van der Waals surface area contributed by atoms with Crippen LogP contribution in [0.5, 0.6) is 0 Å². The molecule has 2 aromatic heterocycles. The number of carbonyl (C=O) groups is 1. The van der Waals surface area contributed by atoms with E-state index in [0.717, 1.165) is 22.9 Å². The number of aromatic nitrogens is 2. The van der Waals surface area contributed by atoms with Gasteiger partial charge in [-0.15, -0.1) is 0 Å². The van der Waals surface area contributed by atoms with Gasteiger partial charge < -0.3 is 15.2 Å². The Kier molecular flexibility index (Phi) is 4.69. The zero-order valence-corrected chi connectivity index (χ0v) is 15.2. The van der Waals surface area contributed by atoms with Gasteiger partial charge in [0, 0.05) is 34.6 Å². The van der Waals surface area contributed by atoms with Crippen LogP contribution in [0.2, 0.25) is 5.02 Å². The zero-order chi connectivity index (χ0) is 18.8. The molecule has 27 heavy (non-hydrogen) atoms. The molecular weight excluding hydrogens is 362 g/mol. The lowest BCUT2D eigenvalue weighted by Crippen LogP contribution is -2.11. The van der Waals surface area contributed by atoms with Crippen molar-refractivity contribution in [2.45, 2.75) is 18.8 Å². The maximum Gasteiger partial charge on any atom is 0.270 e. The van der Waals surface area contributed by atoms with Crippen molar-refractivity contribution in [2.24, 2.45) is 5.73 Å². The van der Waals surface area contributed by atoms with Crippen LogP contribution >= 0.6 is 11.6 Å². The average molecular weight is 380 g/mol. The van der Waals surface area contributed by atoms with Gasteiger partial charge >= 0.3 is 0 Å². The summed E-state index contributed by atoms with van der Waals surface area (Å²) in [5, 5.41) is 5.53. The van der Waals surface area contributed by atoms with Crippen LogP contribution in [-0.2, 0) is 12.8 Å². The van der Waals surface area contributed by atoms with Gasteiger partial charge in [-0.05, 0) is 41.7 Å². The number of nitrogens with two attached hydrogens (primary N) is 1. The van der Waals surface area contributed by atoms with E-state index in [1.165, 1.54) is 5.56 Å². The molecule has 0 saturated heterocycles. The Morgan fingerprint density at radius 1 is 1.15 bits per heavy atom. The highest BCUT2D eigenvalue weighted by molar-refractivity contribution is 6.31. The number of halogens is 1. The highest BCUT2D eigenvalue weighted by Gasteiger charge is 2.20. The van der Waals surface area contributed by atoms with E-state index < -0.39 is 5.91 Å². The van der Waals surface area contributed by atoms with Crippen LogP contribution in [-0.4, -0.2) is 16.0 Å². The molecule has 0 spiro atoms. The highest BCUT2D eigenvalue weighted by atomic mass is 35.5. The van der Waals surface area contributed by atoms with E-state index in [4.69, 9.17) is 21.9 Å². The number of aromatic amines is 1. The van der Waals surface area contributed by atoms with Crippen molar-refractivity contribution in [1.82, 2.24) is 10.1 Å². The third kappa shape index (κ3) is 3.73. The molecule has 1 atom stereocenters. The molecule has 3 N–H and O–H groups in total. The van der Waals surface area contributed by atoms with Gasteiger partial charge in [0.25, 0.3) is 5.91 Å². The van der Waals surface area contributed by atoms with Crippen molar-refractivity contribution in [3.63, 3.8) is 0 Å². The van der Waals surface area contributed by atoms with Crippen molar-refractivity contribution < 1.29 is 9.32 Å². The predicted molar refractivity (Wildman–Crippen MR) is 105 cm³/mol. The van der Waals surface area contributed by atoms with Crippen molar-refractivity contribution in [1.29, 1.82) is 0 Å². The van der Waals surface area contributed by atoms with Gasteiger partial charge in [-0.2, -0.15) is 0 Å². The van der Waals surface area contributed by atoms with E-state index >= 15 is 0 Å². The fraction of sp³-hybridized carbons (Fsp3) is 0.143. The monoisotopic (exact) mass is 379 g/mol. The topological polar surface area (TPSA) is 84.9 Å². The smallest absolute Gasteiger partial charge is 0.270 e. The second kappa shape index (κ2) is 7.29. The Hall–Kier alpha value is -3.05. The largest absolute Gasteiger partial charge is 0.364 e. The molecule has 1 amide bonds. The lowest BCUT2D eigenvalue weighted by Gasteiger charge is -2.15. The van der Waals surface area contributed by atoms with Crippen LogP contribution in [0.1, 0.15) is 33.3 Å². The number of benzene rings is 2. The molecule has 0 saturated carbocycles. The molecule has 2 aromatic carbocycles. The van der Waals surface area contributed by atoms with Crippen molar-refractivity contribution in [2.75, 3.05) is 0 Å². The molecule has 0 fully saturated rings. The van der Waals surface area contributed by atoms with Gasteiger partial charge in [-0.25, -0.2) is 0 Å². The van der Waals surface area contributed by atoms with E-state index in [2.05, 4.69) is 22.3 Å². The number of nitrogens with zero attached hydrogens (tertiary/aromatic N) is 1. The summed E-state index contributed by atoms with van der Waals surface area (Å²) in [6.07, 6.45) is 3.42. The average Bonchev–Trinajstić information content (AvgIpc) is 3.29. The summed E-state index contributed by atoms with van der Waals surface area (Å²) in [7, 11) is 0. The van der Waals surface area contributed by atoms with Crippen LogP contribution in [0.25, 0.3) is 10.9 Å². The first-order valence-electron chi connectivity index (χ1n) is 8.66. The number of nitrogens with one attached hydrogen (secondary N) is 1. The number of primary amides is 1. The predicted octanol–water partition coefficient (Wildman–Crippen LogP) is 4.48. The first-order valence-corrected chi connectivity index (χ1v) is 9.04. The van der Waals surface area contributed by atoms with E-state index in [1.807, 2.05) is 42.6 Å². The van der Waals surface area contributed by atoms with Crippen molar-refractivity contribution >= 4 is 28.4 Å². The lowest BCUT2D eigenvalue weighted by atomic mass is 9.88. The van der Waals surface area contributed by atoms with Crippen LogP contribution in [0, 0.1) is 0 Å². The molecule has 0 aliphatic heterocycles. The van der Waals surface area contributed by atoms with E-state index in [-0.39, 0.29) is 11.6 Å². The quantitative estimate of drug-likeness (QED) is 0.518. The standard InChI is InChI=1S/C21H18ClN3O2/c22-15-6-7-19-17(10-15)18(12-24-19)14(8-13-4-2-1-3-5-13)9-16-11-20(21(23)26)25-27-16/h1-7,10-12,14,24H,8-9H2,(H2,23,26). The summed E-state index contributed by atoms with van der Waals surface area (Å²) in [5.74, 6) is 0.151. The Labute approximate surface area is 161 Å². The van der Waals surface area contributed by atoms with Crippen LogP contribution < -0.4 is 5.73 Å². The number of H-pyrrole nitrogens is 1. The van der Waals surface area contributed by atoms with Gasteiger partial charge in [0.05, 0.1) is 0 Å². The Morgan fingerprint density at radius 2 is 1.96 bits per heavy atom. The molecule has 0 bridgehead atoms. The number of hydrogen-bond donors (Lipinski definition) is 2. The van der Waals surface area contributed by atoms with Gasteiger partial charge in [0.2, 0.25) is 0 Å². The number of amides is 1. The molecule has 0 aliphatic carbocycles. The molecule has 4 aromatic rings. The molecule has 6 heteroatoms. The van der Waals surface area contributed by atoms with E-state index in [9.17, 15) is 4.79 Å². The van der Waals surface area contributed by atoms with Crippen molar-refractivity contribution in [3.8, 4) is 0 Å². The highest BCUT2D eigenvalue weighted by Crippen LogP contribution is 2.32. The summed E-state index contributed by atoms with van der Waals surface area (Å²) in [6, 6.07) is 17.7. The molecule has 0 aliphatic rings. The van der Waals surface area contributed by atoms with E-state index in [0.29, 0.717) is 17.2 Å². The normalized spacial score (nSPS) is 12.3. The summed E-state index contributed by atoms with van der Waals surface area (Å²) in [4.78, 5) is 14.6. The molecule has 4 rings (SSSR count). The SMILES string of the molecule is NC(=O)c1cc(CC(Cc2ccccc2)c2c[nH]c3ccc(Cl)cc23)on1. The van der Waals surface area contributed by atoms with Crippen molar-refractivity contribution in [3.05, 3.63) is 88.4 Å². The molecule has 2 heterocycles. The number of hydrogen-bond acceptors (Lipinski definition) is 3. The third-order valence-electron chi connectivity index (χ3n) is 4.70. The minimum atomic E-state index is -0.594. The minimum absolute atomic E-state index is 0.119. The lowest BCUT2D eigenvalue weighted by molar-refractivity contribution is 0.0991. The summed E-state index contributed by atoms with van der Waals surface area (Å²) < 4.78 is 5.34. The number of carbonyl (C=O) groups excluding carboxylic acids is 1. The maximum absolute atomic E-state index is 11.3. The molecule has 1 unspecified atom stereocenters. The van der Waals surface area contributed by atoms with Gasteiger partial charge in [0.15, 0.2) is 5.69 Å². The molecule has 0 radical (unpaired) electrons. The Bertz CT molecular complexity index is 1090. The molecular formula is C21H18ClN3O2.